The van der Waals surface area contributed by atoms with Crippen molar-refractivity contribution in [2.75, 3.05) is 19.1 Å². The average molecular weight is 365 g/mol. The summed E-state index contributed by atoms with van der Waals surface area (Å²) < 4.78 is 0. The van der Waals surface area contributed by atoms with Crippen LogP contribution in [0.2, 0.25) is 0 Å². The van der Waals surface area contributed by atoms with Gasteiger partial charge in [-0.1, -0.05) is 42.8 Å². The maximum absolute atomic E-state index is 4.78. The Morgan fingerprint density at radius 2 is 1.59 bits per heavy atom. The number of para-hydroxylation sites is 2. The van der Waals surface area contributed by atoms with E-state index in [1.54, 1.807) is 0 Å². The molecule has 2 aromatic rings. The zero-order chi connectivity index (χ0) is 18.9. The van der Waals surface area contributed by atoms with Crippen molar-refractivity contribution in [1.82, 2.24) is 10.4 Å². The molecule has 4 nitrogen and oxygen atoms in total. The Bertz CT molecular complexity index is 645. The summed E-state index contributed by atoms with van der Waals surface area (Å²) in [4.78, 5) is 0. The molecule has 1 fully saturated rings. The first-order chi connectivity index (χ1) is 13.2. The Balaban J connectivity index is 1.55. The summed E-state index contributed by atoms with van der Waals surface area (Å²) in [5.41, 5.74) is 5.76. The van der Waals surface area contributed by atoms with Gasteiger partial charge in [0.25, 0.3) is 0 Å². The van der Waals surface area contributed by atoms with E-state index in [1.165, 1.54) is 32.1 Å². The van der Waals surface area contributed by atoms with Crippen molar-refractivity contribution in [2.24, 2.45) is 11.0 Å². The second kappa shape index (κ2) is 10.2. The SMILES string of the molecule is CN(C)NC1CCCC1CCC/C=N/N(c1ccccc1)c1ccccc1. The lowest BCUT2D eigenvalue weighted by molar-refractivity contribution is 0.206. The molecule has 1 N–H and O–H groups in total. The van der Waals surface area contributed by atoms with Gasteiger partial charge in [0.15, 0.2) is 0 Å². The van der Waals surface area contributed by atoms with Crippen LogP contribution in [-0.2, 0) is 0 Å². The highest BCUT2D eigenvalue weighted by Crippen LogP contribution is 2.30. The number of anilines is 2. The fourth-order valence-electron chi connectivity index (χ4n) is 3.92. The third-order valence-corrected chi connectivity index (χ3v) is 5.19. The summed E-state index contributed by atoms with van der Waals surface area (Å²) in [5.74, 6) is 0.792. The van der Waals surface area contributed by atoms with E-state index in [0.29, 0.717) is 6.04 Å². The molecule has 1 aliphatic rings. The van der Waals surface area contributed by atoms with Crippen LogP contribution in [0.3, 0.4) is 0 Å². The second-order valence-electron chi connectivity index (χ2n) is 7.53. The van der Waals surface area contributed by atoms with Crippen LogP contribution in [0, 0.1) is 5.92 Å². The molecular formula is C23H32N4. The first kappa shape index (κ1) is 19.6. The number of hydrazone groups is 1. The van der Waals surface area contributed by atoms with Crippen molar-refractivity contribution < 1.29 is 0 Å². The number of nitrogens with one attached hydrogen (secondary N) is 1. The van der Waals surface area contributed by atoms with Crippen molar-refractivity contribution in [3.05, 3.63) is 60.7 Å². The maximum atomic E-state index is 4.78. The molecular weight excluding hydrogens is 332 g/mol. The van der Waals surface area contributed by atoms with Gasteiger partial charge >= 0.3 is 0 Å². The van der Waals surface area contributed by atoms with Gasteiger partial charge in [-0.3, -0.25) is 10.4 Å². The lowest BCUT2D eigenvalue weighted by Gasteiger charge is -2.24. The highest BCUT2D eigenvalue weighted by atomic mass is 15.5. The molecule has 4 heteroatoms. The van der Waals surface area contributed by atoms with Gasteiger partial charge in [-0.15, -0.1) is 0 Å². The average Bonchev–Trinajstić information content (AvgIpc) is 3.12. The van der Waals surface area contributed by atoms with Gasteiger partial charge in [0.2, 0.25) is 0 Å². The van der Waals surface area contributed by atoms with Gasteiger partial charge in [-0.25, -0.2) is 5.01 Å². The van der Waals surface area contributed by atoms with E-state index in [4.69, 9.17) is 5.10 Å². The third kappa shape index (κ3) is 5.91. The van der Waals surface area contributed by atoms with Crippen LogP contribution in [0.15, 0.2) is 65.8 Å². The lowest BCUT2D eigenvalue weighted by atomic mass is 9.97. The predicted octanol–water partition coefficient (Wildman–Crippen LogP) is 5.22. The monoisotopic (exact) mass is 364 g/mol. The summed E-state index contributed by atoms with van der Waals surface area (Å²) in [7, 11) is 4.17. The number of hydrogen-bond donors (Lipinski definition) is 1. The van der Waals surface area contributed by atoms with E-state index in [-0.39, 0.29) is 0 Å². The van der Waals surface area contributed by atoms with E-state index in [9.17, 15) is 0 Å². The highest BCUT2D eigenvalue weighted by Gasteiger charge is 2.26. The van der Waals surface area contributed by atoms with Gasteiger partial charge in [0.1, 0.15) is 0 Å². The summed E-state index contributed by atoms with van der Waals surface area (Å²) in [6.07, 6.45) is 9.55. The lowest BCUT2D eigenvalue weighted by Crippen LogP contribution is -2.41. The molecule has 0 heterocycles. The summed E-state index contributed by atoms with van der Waals surface area (Å²) in [6, 6.07) is 21.3. The van der Waals surface area contributed by atoms with Crippen LogP contribution < -0.4 is 10.4 Å². The number of rotatable bonds is 9. The number of hydrogen-bond acceptors (Lipinski definition) is 4. The molecule has 2 atom stereocenters. The molecule has 2 unspecified atom stereocenters. The summed E-state index contributed by atoms with van der Waals surface area (Å²) in [6.45, 7) is 0. The Morgan fingerprint density at radius 1 is 0.963 bits per heavy atom. The molecule has 0 saturated heterocycles. The highest BCUT2D eigenvalue weighted by molar-refractivity contribution is 5.67. The fraction of sp³-hybridized carbons (Fsp3) is 0.435. The standard InChI is InChI=1S/C23H32N4/c1-26(2)25-23-18-11-13-20(23)12-9-10-19-24-27(21-14-5-3-6-15-21)22-16-7-4-8-17-22/h3-8,14-17,19-20,23,25H,9-13,18H2,1-2H3/b24-19+. The molecule has 27 heavy (non-hydrogen) atoms. The van der Waals surface area contributed by atoms with Gasteiger partial charge in [0.05, 0.1) is 11.4 Å². The molecule has 0 amide bonds. The van der Waals surface area contributed by atoms with Crippen LogP contribution >= 0.6 is 0 Å². The van der Waals surface area contributed by atoms with E-state index in [2.05, 4.69) is 79.3 Å². The van der Waals surface area contributed by atoms with Gasteiger partial charge in [0, 0.05) is 26.4 Å². The first-order valence-corrected chi connectivity index (χ1v) is 10.1. The van der Waals surface area contributed by atoms with Crippen LogP contribution in [-0.4, -0.2) is 31.4 Å². The van der Waals surface area contributed by atoms with E-state index in [0.717, 1.165) is 23.7 Å². The van der Waals surface area contributed by atoms with E-state index in [1.807, 2.05) is 17.1 Å². The molecule has 0 bridgehead atoms. The quantitative estimate of drug-likeness (QED) is 0.376. The van der Waals surface area contributed by atoms with Crippen molar-refractivity contribution in [3.63, 3.8) is 0 Å². The molecule has 3 rings (SSSR count). The van der Waals surface area contributed by atoms with Crippen molar-refractivity contribution >= 4 is 17.6 Å². The van der Waals surface area contributed by atoms with Crippen LogP contribution in [0.25, 0.3) is 0 Å². The zero-order valence-electron chi connectivity index (χ0n) is 16.6. The number of nitrogens with zero attached hydrogens (tertiary/aromatic N) is 3. The minimum atomic E-state index is 0.641. The van der Waals surface area contributed by atoms with Crippen molar-refractivity contribution in [2.45, 2.75) is 44.6 Å². The van der Waals surface area contributed by atoms with E-state index < -0.39 is 0 Å². The van der Waals surface area contributed by atoms with Crippen molar-refractivity contribution in [3.8, 4) is 0 Å². The molecule has 0 aromatic heterocycles. The number of unbranched alkanes of at least 4 members (excludes halogenated alkanes) is 1. The van der Waals surface area contributed by atoms with Crippen LogP contribution in [0.4, 0.5) is 11.4 Å². The fourth-order valence-corrected chi connectivity index (χ4v) is 3.92. The molecule has 144 valence electrons. The molecule has 0 aliphatic heterocycles. The Morgan fingerprint density at radius 3 is 2.19 bits per heavy atom. The van der Waals surface area contributed by atoms with Gasteiger partial charge < -0.3 is 0 Å². The summed E-state index contributed by atoms with van der Waals surface area (Å²) >= 11 is 0. The predicted molar refractivity (Wildman–Crippen MR) is 115 cm³/mol. The van der Waals surface area contributed by atoms with E-state index >= 15 is 0 Å². The molecule has 1 aliphatic carbocycles. The maximum Gasteiger partial charge on any atom is 0.0652 e. The van der Waals surface area contributed by atoms with Crippen LogP contribution in [0.1, 0.15) is 38.5 Å². The first-order valence-electron chi connectivity index (χ1n) is 10.1. The molecule has 1 saturated carbocycles. The Labute approximate surface area is 163 Å². The van der Waals surface area contributed by atoms with Crippen molar-refractivity contribution in [1.29, 1.82) is 0 Å². The summed E-state index contributed by atoms with van der Waals surface area (Å²) in [5, 5.41) is 8.90. The number of benzene rings is 2. The molecule has 0 radical (unpaired) electrons. The molecule has 0 spiro atoms. The largest absolute Gasteiger partial charge is 0.252 e. The minimum absolute atomic E-state index is 0.641. The normalized spacial score (nSPS) is 19.8. The smallest absolute Gasteiger partial charge is 0.0652 e. The van der Waals surface area contributed by atoms with Crippen LogP contribution in [0.5, 0.6) is 0 Å². The van der Waals surface area contributed by atoms with Gasteiger partial charge in [-0.05, 0) is 62.3 Å². The second-order valence-corrected chi connectivity index (χ2v) is 7.53. The third-order valence-electron chi connectivity index (χ3n) is 5.19. The Hall–Kier alpha value is -2.17. The van der Waals surface area contributed by atoms with Gasteiger partial charge in [-0.2, -0.15) is 5.10 Å². The number of hydrazine groups is 1. The molecule has 2 aromatic carbocycles. The Kier molecular flexibility index (Phi) is 7.43. The topological polar surface area (TPSA) is 30.9 Å². The minimum Gasteiger partial charge on any atom is -0.252 e. The zero-order valence-corrected chi connectivity index (χ0v) is 16.6.